The number of carbonyl (C=O) groups is 3. The third-order valence-electron chi connectivity index (χ3n) is 4.05. The van der Waals surface area contributed by atoms with Gasteiger partial charge in [-0.25, -0.2) is 0 Å². The summed E-state index contributed by atoms with van der Waals surface area (Å²) >= 11 is 4.17. The number of ketones is 1. The number of carbonyl (C=O) groups excluding carboxylic acids is 3. The average Bonchev–Trinajstić information content (AvgIpc) is 2.90. The molecule has 2 aromatic carbocycles. The van der Waals surface area contributed by atoms with Crippen LogP contribution < -0.4 is 4.90 Å². The van der Waals surface area contributed by atoms with Crippen LogP contribution in [0.1, 0.15) is 15.9 Å². The molecule has 2 aromatic rings. The highest BCUT2D eigenvalue weighted by atomic mass is 79.9. The number of thioether (sulfide) groups is 1. The molecule has 5 nitrogen and oxygen atoms in total. The molecule has 0 radical (unpaired) electrons. The Balaban J connectivity index is 1.74. The van der Waals surface area contributed by atoms with E-state index in [9.17, 15) is 14.4 Å². The summed E-state index contributed by atoms with van der Waals surface area (Å²) < 4.78 is 0.855. The number of benzene rings is 2. The van der Waals surface area contributed by atoms with Crippen molar-refractivity contribution < 1.29 is 14.4 Å². The van der Waals surface area contributed by atoms with E-state index in [0.717, 1.165) is 32.4 Å². The summed E-state index contributed by atoms with van der Waals surface area (Å²) in [5, 5.41) is -0.429. The van der Waals surface area contributed by atoms with Crippen LogP contribution in [0.15, 0.2) is 57.9 Å². The number of halogens is 1. The first-order valence-corrected chi connectivity index (χ1v) is 9.77. The summed E-state index contributed by atoms with van der Waals surface area (Å²) in [5.74, 6) is -0.714. The van der Waals surface area contributed by atoms with Crippen LogP contribution in [0.3, 0.4) is 0 Å². The summed E-state index contributed by atoms with van der Waals surface area (Å²) in [4.78, 5) is 40.4. The third-order valence-corrected chi connectivity index (χ3v) is 5.48. The number of anilines is 1. The fraction of sp³-hybridized carbons (Fsp3) is 0.150. The normalized spacial score (nSPS) is 15.5. The first-order valence-electron chi connectivity index (χ1n) is 8.16. The molecule has 0 aromatic heterocycles. The summed E-state index contributed by atoms with van der Waals surface area (Å²) in [6.07, 6.45) is 1.68. The zero-order valence-electron chi connectivity index (χ0n) is 14.8. The highest BCUT2D eigenvalue weighted by Crippen LogP contribution is 2.32. The van der Waals surface area contributed by atoms with Gasteiger partial charge in [0.2, 0.25) is 0 Å². The van der Waals surface area contributed by atoms with Gasteiger partial charge in [0.05, 0.1) is 11.4 Å². The molecule has 0 unspecified atom stereocenters. The van der Waals surface area contributed by atoms with E-state index in [0.29, 0.717) is 10.5 Å². The summed E-state index contributed by atoms with van der Waals surface area (Å²) in [7, 11) is 3.89. The largest absolute Gasteiger partial charge is 0.378 e. The first-order chi connectivity index (χ1) is 12.8. The van der Waals surface area contributed by atoms with Crippen molar-refractivity contribution in [3.63, 3.8) is 0 Å². The predicted molar refractivity (Wildman–Crippen MR) is 112 cm³/mol. The molecule has 0 aliphatic carbocycles. The van der Waals surface area contributed by atoms with Crippen LogP contribution >= 0.6 is 27.7 Å². The van der Waals surface area contributed by atoms with Crippen molar-refractivity contribution in [1.82, 2.24) is 4.90 Å². The van der Waals surface area contributed by atoms with E-state index in [1.165, 1.54) is 0 Å². The molecule has 1 aliphatic heterocycles. The maximum atomic E-state index is 12.6. The van der Waals surface area contributed by atoms with Crippen molar-refractivity contribution in [2.24, 2.45) is 0 Å². The average molecular weight is 445 g/mol. The van der Waals surface area contributed by atoms with E-state index in [4.69, 9.17) is 0 Å². The molecule has 0 saturated carbocycles. The van der Waals surface area contributed by atoms with Crippen molar-refractivity contribution in [3.8, 4) is 0 Å². The van der Waals surface area contributed by atoms with Gasteiger partial charge in [0.25, 0.3) is 11.1 Å². The monoisotopic (exact) mass is 444 g/mol. The van der Waals surface area contributed by atoms with Crippen LogP contribution in [0, 0.1) is 0 Å². The number of Topliss-reactive ketones (excluding diaryl/α,β-unsaturated/α-hetero) is 1. The number of amides is 2. The smallest absolute Gasteiger partial charge is 0.293 e. The molecule has 1 fully saturated rings. The molecule has 0 spiro atoms. The molecule has 0 atom stereocenters. The van der Waals surface area contributed by atoms with Crippen LogP contribution in [-0.2, 0) is 4.79 Å². The van der Waals surface area contributed by atoms with Gasteiger partial charge in [0.1, 0.15) is 0 Å². The Morgan fingerprint density at radius 1 is 1.07 bits per heavy atom. The van der Waals surface area contributed by atoms with Crippen molar-refractivity contribution >= 4 is 56.4 Å². The van der Waals surface area contributed by atoms with E-state index in [1.807, 2.05) is 43.3 Å². The Hall–Kier alpha value is -2.38. The lowest BCUT2D eigenvalue weighted by molar-refractivity contribution is -0.122. The maximum absolute atomic E-state index is 12.6. The lowest BCUT2D eigenvalue weighted by Gasteiger charge is -2.12. The van der Waals surface area contributed by atoms with Gasteiger partial charge in [-0.15, -0.1) is 0 Å². The summed E-state index contributed by atoms with van der Waals surface area (Å²) in [6, 6.07) is 14.5. The number of rotatable bonds is 5. The fourth-order valence-corrected chi connectivity index (χ4v) is 3.63. The highest BCUT2D eigenvalue weighted by molar-refractivity contribution is 9.10. The zero-order chi connectivity index (χ0) is 19.6. The molecule has 1 saturated heterocycles. The second-order valence-corrected chi connectivity index (χ2v) is 8.09. The Morgan fingerprint density at radius 2 is 1.70 bits per heavy atom. The van der Waals surface area contributed by atoms with E-state index >= 15 is 0 Å². The molecule has 7 heteroatoms. The van der Waals surface area contributed by atoms with E-state index in [-0.39, 0.29) is 12.3 Å². The lowest BCUT2D eigenvalue weighted by Crippen LogP contribution is -2.33. The van der Waals surface area contributed by atoms with Crippen molar-refractivity contribution in [2.75, 3.05) is 25.5 Å². The van der Waals surface area contributed by atoms with Gasteiger partial charge in [-0.3, -0.25) is 19.3 Å². The first kappa shape index (κ1) is 19.4. The molecule has 27 heavy (non-hydrogen) atoms. The maximum Gasteiger partial charge on any atom is 0.293 e. The second-order valence-electron chi connectivity index (χ2n) is 6.18. The van der Waals surface area contributed by atoms with Crippen molar-refractivity contribution in [1.29, 1.82) is 0 Å². The van der Waals surface area contributed by atoms with Gasteiger partial charge in [0.15, 0.2) is 5.78 Å². The Bertz CT molecular complexity index is 921. The highest BCUT2D eigenvalue weighted by Gasteiger charge is 2.36. The van der Waals surface area contributed by atoms with Gasteiger partial charge in [-0.05, 0) is 47.7 Å². The molecular formula is C20H17BrN2O3S. The minimum Gasteiger partial charge on any atom is -0.378 e. The molecule has 0 bridgehead atoms. The predicted octanol–water partition coefficient (Wildman–Crippen LogP) is 4.43. The van der Waals surface area contributed by atoms with Crippen LogP contribution in [0.25, 0.3) is 6.08 Å². The van der Waals surface area contributed by atoms with Gasteiger partial charge in [-0.2, -0.15) is 0 Å². The minimum absolute atomic E-state index is 0.261. The van der Waals surface area contributed by atoms with Gasteiger partial charge in [0, 0.05) is 29.8 Å². The Labute approximate surface area is 170 Å². The summed E-state index contributed by atoms with van der Waals surface area (Å²) in [5.41, 5.74) is 2.33. The molecule has 138 valence electrons. The topological polar surface area (TPSA) is 57.7 Å². The molecule has 1 aliphatic rings. The zero-order valence-corrected chi connectivity index (χ0v) is 17.2. The number of nitrogens with zero attached hydrogens (tertiary/aromatic N) is 2. The standard InChI is InChI=1S/C20H17BrN2O3S/c1-22(2)16-9-3-13(4-10-16)11-18-19(25)23(20(26)27-18)12-17(24)14-5-7-15(21)8-6-14/h3-11H,12H2,1-2H3/b18-11+. The SMILES string of the molecule is CN(C)c1ccc(/C=C2/SC(=O)N(CC(=O)c3ccc(Br)cc3)C2=O)cc1. The Kier molecular flexibility index (Phi) is 5.82. The number of hydrogen-bond donors (Lipinski definition) is 0. The fourth-order valence-electron chi connectivity index (χ4n) is 2.53. The Morgan fingerprint density at radius 3 is 2.30 bits per heavy atom. The van der Waals surface area contributed by atoms with E-state index in [1.54, 1.807) is 30.3 Å². The molecular weight excluding hydrogens is 428 g/mol. The number of hydrogen-bond acceptors (Lipinski definition) is 5. The van der Waals surface area contributed by atoms with Crippen LogP contribution in [-0.4, -0.2) is 42.5 Å². The summed E-state index contributed by atoms with van der Waals surface area (Å²) in [6.45, 7) is -0.261. The quantitative estimate of drug-likeness (QED) is 0.504. The number of imide groups is 1. The van der Waals surface area contributed by atoms with Crippen LogP contribution in [0.5, 0.6) is 0 Å². The third kappa shape index (κ3) is 4.48. The van der Waals surface area contributed by atoms with Crippen molar-refractivity contribution in [2.45, 2.75) is 0 Å². The lowest BCUT2D eigenvalue weighted by atomic mass is 10.1. The molecule has 3 rings (SSSR count). The molecule has 2 amide bonds. The van der Waals surface area contributed by atoms with E-state index in [2.05, 4.69) is 15.9 Å². The minimum atomic E-state index is -0.438. The van der Waals surface area contributed by atoms with Crippen LogP contribution in [0.2, 0.25) is 0 Å². The van der Waals surface area contributed by atoms with E-state index < -0.39 is 11.1 Å². The van der Waals surface area contributed by atoms with Crippen LogP contribution in [0.4, 0.5) is 10.5 Å². The molecule has 1 heterocycles. The van der Waals surface area contributed by atoms with Gasteiger partial charge < -0.3 is 4.90 Å². The van der Waals surface area contributed by atoms with Gasteiger partial charge in [-0.1, -0.05) is 40.2 Å². The molecule has 0 N–H and O–H groups in total. The second kappa shape index (κ2) is 8.10. The van der Waals surface area contributed by atoms with Gasteiger partial charge >= 0.3 is 0 Å². The van der Waals surface area contributed by atoms with Crippen molar-refractivity contribution in [3.05, 3.63) is 69.0 Å².